The number of nitrogens with zero attached hydrogens (tertiary/aromatic N) is 2. The van der Waals surface area contributed by atoms with Crippen LogP contribution in [0.5, 0.6) is 5.88 Å². The van der Waals surface area contributed by atoms with Gasteiger partial charge in [-0.15, -0.1) is 18.3 Å². The Labute approximate surface area is 89.1 Å². The molecular weight excluding hydrogens is 221 g/mol. The molecule has 84 valence electrons. The first-order chi connectivity index (χ1) is 7.54. The number of aromatic nitrogens is 2. The van der Waals surface area contributed by atoms with Gasteiger partial charge in [-0.05, 0) is 12.1 Å². The molecule has 0 N–H and O–H groups in total. The minimum Gasteiger partial charge on any atom is -0.386 e. The topological polar surface area (TPSA) is 27.1 Å². The minimum absolute atomic E-state index is 0.476. The summed E-state index contributed by atoms with van der Waals surface area (Å²) >= 11 is 0. The number of hydrogen-bond donors (Lipinski definition) is 0. The van der Waals surface area contributed by atoms with E-state index in [0.29, 0.717) is 5.69 Å². The van der Waals surface area contributed by atoms with E-state index in [-0.39, 0.29) is 0 Å². The third-order valence-electron chi connectivity index (χ3n) is 1.81. The summed E-state index contributed by atoms with van der Waals surface area (Å²) in [7, 11) is 0. The molecule has 0 bridgehead atoms. The lowest BCUT2D eigenvalue weighted by atomic mass is 10.3. The molecule has 16 heavy (non-hydrogen) atoms. The Balaban J connectivity index is 2.21. The third kappa shape index (κ3) is 2.53. The van der Waals surface area contributed by atoms with E-state index in [1.54, 1.807) is 30.3 Å². The smallest absolute Gasteiger partial charge is 0.386 e. The summed E-state index contributed by atoms with van der Waals surface area (Å²) in [6, 6.07) is 9.94. The van der Waals surface area contributed by atoms with Gasteiger partial charge >= 0.3 is 6.36 Å². The molecule has 0 amide bonds. The number of ether oxygens (including phenoxy) is 1. The van der Waals surface area contributed by atoms with Crippen molar-refractivity contribution < 1.29 is 17.9 Å². The fraction of sp³-hybridized carbons (Fsp3) is 0.100. The zero-order chi connectivity index (χ0) is 11.6. The highest BCUT2D eigenvalue weighted by atomic mass is 19.4. The summed E-state index contributed by atoms with van der Waals surface area (Å²) < 4.78 is 40.6. The maximum atomic E-state index is 11.9. The SMILES string of the molecule is FC(F)(F)Oc1ccn(-c2ccccc2)n1. The number of rotatable bonds is 2. The number of halogens is 3. The summed E-state index contributed by atoms with van der Waals surface area (Å²) in [4.78, 5) is 0. The van der Waals surface area contributed by atoms with E-state index in [0.717, 1.165) is 6.07 Å². The van der Waals surface area contributed by atoms with Crippen molar-refractivity contribution in [3.63, 3.8) is 0 Å². The van der Waals surface area contributed by atoms with Crippen molar-refractivity contribution in [1.29, 1.82) is 0 Å². The maximum Gasteiger partial charge on any atom is 0.574 e. The lowest BCUT2D eigenvalue weighted by Gasteiger charge is -2.04. The van der Waals surface area contributed by atoms with Gasteiger partial charge < -0.3 is 4.74 Å². The van der Waals surface area contributed by atoms with Gasteiger partial charge in [-0.2, -0.15) is 0 Å². The van der Waals surface area contributed by atoms with Crippen LogP contribution in [0.4, 0.5) is 13.2 Å². The van der Waals surface area contributed by atoms with Gasteiger partial charge in [0.1, 0.15) is 0 Å². The van der Waals surface area contributed by atoms with Crippen molar-refractivity contribution in [2.45, 2.75) is 6.36 Å². The van der Waals surface area contributed by atoms with Gasteiger partial charge in [-0.25, -0.2) is 4.68 Å². The van der Waals surface area contributed by atoms with Crippen molar-refractivity contribution >= 4 is 0 Å². The molecule has 0 radical (unpaired) electrons. The van der Waals surface area contributed by atoms with E-state index < -0.39 is 12.2 Å². The normalized spacial score (nSPS) is 11.4. The molecule has 1 aromatic heterocycles. The molecule has 6 heteroatoms. The molecule has 0 aliphatic heterocycles. The van der Waals surface area contributed by atoms with Crippen LogP contribution in [0.3, 0.4) is 0 Å². The highest BCUT2D eigenvalue weighted by Crippen LogP contribution is 2.21. The van der Waals surface area contributed by atoms with E-state index in [4.69, 9.17) is 0 Å². The summed E-state index contributed by atoms with van der Waals surface area (Å²) in [6.07, 6.45) is -3.31. The van der Waals surface area contributed by atoms with Gasteiger partial charge in [0.25, 0.3) is 0 Å². The predicted octanol–water partition coefficient (Wildman–Crippen LogP) is 2.77. The Hall–Kier alpha value is -1.98. The molecule has 2 rings (SSSR count). The maximum absolute atomic E-state index is 11.9. The van der Waals surface area contributed by atoms with Crippen LogP contribution in [0, 0.1) is 0 Å². The van der Waals surface area contributed by atoms with Crippen LogP contribution in [-0.2, 0) is 0 Å². The van der Waals surface area contributed by atoms with Crippen LogP contribution < -0.4 is 4.74 Å². The van der Waals surface area contributed by atoms with Crippen LogP contribution in [0.2, 0.25) is 0 Å². The first-order valence-corrected chi connectivity index (χ1v) is 4.41. The molecule has 0 atom stereocenters. The van der Waals surface area contributed by atoms with Crippen LogP contribution >= 0.6 is 0 Å². The number of alkyl halides is 3. The Morgan fingerprint density at radius 2 is 1.75 bits per heavy atom. The van der Waals surface area contributed by atoms with Gasteiger partial charge in [0.15, 0.2) is 0 Å². The Morgan fingerprint density at radius 1 is 1.06 bits per heavy atom. The number of benzene rings is 1. The molecule has 1 aromatic carbocycles. The van der Waals surface area contributed by atoms with Crippen LogP contribution in [0.15, 0.2) is 42.6 Å². The molecule has 0 saturated carbocycles. The minimum atomic E-state index is -4.71. The Bertz CT molecular complexity index is 464. The Morgan fingerprint density at radius 3 is 2.38 bits per heavy atom. The monoisotopic (exact) mass is 228 g/mol. The zero-order valence-electron chi connectivity index (χ0n) is 7.98. The largest absolute Gasteiger partial charge is 0.574 e. The Kier molecular flexibility index (Phi) is 2.55. The van der Waals surface area contributed by atoms with Gasteiger partial charge in [-0.1, -0.05) is 18.2 Å². The zero-order valence-corrected chi connectivity index (χ0v) is 7.98. The van der Waals surface area contributed by atoms with Crippen molar-refractivity contribution in [3.8, 4) is 11.6 Å². The van der Waals surface area contributed by atoms with E-state index >= 15 is 0 Å². The predicted molar refractivity (Wildman–Crippen MR) is 50.2 cm³/mol. The van der Waals surface area contributed by atoms with Crippen molar-refractivity contribution in [1.82, 2.24) is 9.78 Å². The summed E-state index contributed by atoms with van der Waals surface area (Å²) in [5, 5.41) is 3.64. The van der Waals surface area contributed by atoms with E-state index in [9.17, 15) is 13.2 Å². The van der Waals surface area contributed by atoms with Crippen molar-refractivity contribution in [3.05, 3.63) is 42.6 Å². The molecule has 0 saturated heterocycles. The third-order valence-corrected chi connectivity index (χ3v) is 1.81. The number of para-hydroxylation sites is 1. The van der Waals surface area contributed by atoms with Crippen LogP contribution in [-0.4, -0.2) is 16.1 Å². The molecule has 2 aromatic rings. The molecule has 0 fully saturated rings. The standard InChI is InChI=1S/C10H7F3N2O/c11-10(12,13)16-9-6-7-15(14-9)8-4-2-1-3-5-8/h1-7H. The van der Waals surface area contributed by atoms with E-state index in [1.165, 1.54) is 10.9 Å². The summed E-state index contributed by atoms with van der Waals surface area (Å²) in [5.41, 5.74) is 0.666. The van der Waals surface area contributed by atoms with E-state index in [1.807, 2.05) is 0 Å². The summed E-state index contributed by atoms with van der Waals surface area (Å²) in [6.45, 7) is 0. The van der Waals surface area contributed by atoms with Gasteiger partial charge in [0.2, 0.25) is 5.88 Å². The average molecular weight is 228 g/mol. The molecule has 3 nitrogen and oxygen atoms in total. The fourth-order valence-electron chi connectivity index (χ4n) is 1.20. The molecule has 0 unspecified atom stereocenters. The lowest BCUT2D eigenvalue weighted by molar-refractivity contribution is -0.276. The second-order valence-electron chi connectivity index (χ2n) is 2.98. The van der Waals surface area contributed by atoms with E-state index in [2.05, 4.69) is 9.84 Å². The second kappa shape index (κ2) is 3.88. The van der Waals surface area contributed by atoms with Crippen LogP contribution in [0.25, 0.3) is 5.69 Å². The highest BCUT2D eigenvalue weighted by molar-refractivity contribution is 5.31. The summed E-state index contributed by atoms with van der Waals surface area (Å²) in [5.74, 6) is -0.476. The molecular formula is C10H7F3N2O. The number of hydrogen-bond acceptors (Lipinski definition) is 2. The second-order valence-corrected chi connectivity index (χ2v) is 2.98. The van der Waals surface area contributed by atoms with Crippen molar-refractivity contribution in [2.24, 2.45) is 0 Å². The average Bonchev–Trinajstić information content (AvgIpc) is 2.65. The molecule has 0 aliphatic rings. The van der Waals surface area contributed by atoms with Crippen LogP contribution in [0.1, 0.15) is 0 Å². The fourth-order valence-corrected chi connectivity index (χ4v) is 1.20. The molecule has 1 heterocycles. The first kappa shape index (κ1) is 10.5. The quantitative estimate of drug-likeness (QED) is 0.790. The van der Waals surface area contributed by atoms with Gasteiger partial charge in [0, 0.05) is 12.3 Å². The lowest BCUT2D eigenvalue weighted by Crippen LogP contribution is -2.17. The van der Waals surface area contributed by atoms with Gasteiger partial charge in [-0.3, -0.25) is 0 Å². The molecule has 0 aliphatic carbocycles. The molecule has 0 spiro atoms. The highest BCUT2D eigenvalue weighted by Gasteiger charge is 2.32. The van der Waals surface area contributed by atoms with Gasteiger partial charge in [0.05, 0.1) is 5.69 Å². The van der Waals surface area contributed by atoms with Crippen molar-refractivity contribution in [2.75, 3.05) is 0 Å². The first-order valence-electron chi connectivity index (χ1n) is 4.41.